The zero-order valence-electron chi connectivity index (χ0n) is 14.4. The molecule has 3 rings (SSSR count). The van der Waals surface area contributed by atoms with E-state index in [0.29, 0.717) is 36.9 Å². The van der Waals surface area contributed by atoms with Crippen molar-refractivity contribution in [3.63, 3.8) is 0 Å². The molecule has 132 valence electrons. The van der Waals surface area contributed by atoms with Crippen LogP contribution < -0.4 is 5.32 Å². The van der Waals surface area contributed by atoms with E-state index in [1.54, 1.807) is 40.8 Å². The van der Waals surface area contributed by atoms with Crippen molar-refractivity contribution >= 4 is 17.7 Å². The molecule has 1 aliphatic rings. The number of carbonyl (C=O) groups excluding carboxylic acids is 2. The Kier molecular flexibility index (Phi) is 5.02. The second kappa shape index (κ2) is 7.38. The minimum absolute atomic E-state index is 0.129. The van der Waals surface area contributed by atoms with E-state index in [1.165, 1.54) is 0 Å². The van der Waals surface area contributed by atoms with Gasteiger partial charge in [-0.2, -0.15) is 5.10 Å². The zero-order valence-corrected chi connectivity index (χ0v) is 14.4. The van der Waals surface area contributed by atoms with Gasteiger partial charge < -0.3 is 15.0 Å². The SMILES string of the molecule is CCOC(=O)c1ccc(NC(=O)N2CCC(c3cnn(C)c3)C2)cc1. The van der Waals surface area contributed by atoms with Crippen molar-refractivity contribution in [2.24, 2.45) is 7.05 Å². The van der Waals surface area contributed by atoms with Crippen molar-refractivity contribution < 1.29 is 14.3 Å². The number of benzene rings is 1. The molecule has 0 aliphatic carbocycles. The molecule has 1 aromatic carbocycles. The van der Waals surface area contributed by atoms with E-state index in [9.17, 15) is 9.59 Å². The molecule has 7 nitrogen and oxygen atoms in total. The predicted octanol–water partition coefficient (Wildman–Crippen LogP) is 2.62. The van der Waals surface area contributed by atoms with Crippen LogP contribution >= 0.6 is 0 Å². The quantitative estimate of drug-likeness (QED) is 0.867. The van der Waals surface area contributed by atoms with Crippen LogP contribution in [0.15, 0.2) is 36.7 Å². The fourth-order valence-corrected chi connectivity index (χ4v) is 2.97. The number of aromatic nitrogens is 2. The number of ether oxygens (including phenoxy) is 1. The van der Waals surface area contributed by atoms with E-state index < -0.39 is 0 Å². The summed E-state index contributed by atoms with van der Waals surface area (Å²) in [5.74, 6) is -0.0372. The molecular weight excluding hydrogens is 320 g/mol. The number of aryl methyl sites for hydroxylation is 1. The molecule has 0 spiro atoms. The normalized spacial score (nSPS) is 16.7. The molecule has 1 aliphatic heterocycles. The maximum absolute atomic E-state index is 12.4. The maximum atomic E-state index is 12.4. The van der Waals surface area contributed by atoms with Crippen LogP contribution in [0.1, 0.15) is 35.2 Å². The van der Waals surface area contributed by atoms with Gasteiger partial charge in [-0.3, -0.25) is 4.68 Å². The van der Waals surface area contributed by atoms with Crippen molar-refractivity contribution in [2.75, 3.05) is 25.0 Å². The molecule has 1 N–H and O–H groups in total. The van der Waals surface area contributed by atoms with Gasteiger partial charge in [0, 0.05) is 37.9 Å². The molecule has 0 saturated carbocycles. The number of nitrogens with one attached hydrogen (secondary N) is 1. The minimum Gasteiger partial charge on any atom is -0.462 e. The molecule has 2 heterocycles. The summed E-state index contributed by atoms with van der Waals surface area (Å²) in [6.07, 6.45) is 4.79. The summed E-state index contributed by atoms with van der Waals surface area (Å²) in [5.41, 5.74) is 2.29. The van der Waals surface area contributed by atoms with Crippen LogP contribution in [0.25, 0.3) is 0 Å². The number of anilines is 1. The molecular formula is C18H22N4O3. The van der Waals surface area contributed by atoms with Crippen molar-refractivity contribution in [3.8, 4) is 0 Å². The Morgan fingerprint density at radius 1 is 1.32 bits per heavy atom. The van der Waals surface area contributed by atoms with Gasteiger partial charge in [0.25, 0.3) is 0 Å². The third-order valence-corrected chi connectivity index (χ3v) is 4.32. The van der Waals surface area contributed by atoms with Crippen LogP contribution in [0.4, 0.5) is 10.5 Å². The first kappa shape index (κ1) is 17.0. The number of amides is 2. The number of hydrogen-bond acceptors (Lipinski definition) is 4. The lowest BCUT2D eigenvalue weighted by molar-refractivity contribution is 0.0526. The molecule has 2 amide bonds. The molecule has 1 saturated heterocycles. The molecule has 25 heavy (non-hydrogen) atoms. The van der Waals surface area contributed by atoms with Crippen LogP contribution in [-0.4, -0.2) is 46.4 Å². The largest absolute Gasteiger partial charge is 0.462 e. The summed E-state index contributed by atoms with van der Waals surface area (Å²) >= 11 is 0. The number of likely N-dealkylation sites (tertiary alicyclic amines) is 1. The second-order valence-electron chi connectivity index (χ2n) is 6.11. The molecule has 1 atom stereocenters. The van der Waals surface area contributed by atoms with Gasteiger partial charge in [-0.25, -0.2) is 9.59 Å². The number of hydrogen-bond donors (Lipinski definition) is 1. The van der Waals surface area contributed by atoms with Crippen molar-refractivity contribution in [2.45, 2.75) is 19.3 Å². The highest BCUT2D eigenvalue weighted by Gasteiger charge is 2.28. The van der Waals surface area contributed by atoms with Gasteiger partial charge in [-0.1, -0.05) is 0 Å². The average molecular weight is 342 g/mol. The van der Waals surface area contributed by atoms with E-state index in [4.69, 9.17) is 4.74 Å². The Balaban J connectivity index is 1.56. The first-order chi connectivity index (χ1) is 12.1. The number of nitrogens with zero attached hydrogens (tertiary/aromatic N) is 3. The monoisotopic (exact) mass is 342 g/mol. The fourth-order valence-electron chi connectivity index (χ4n) is 2.97. The van der Waals surface area contributed by atoms with Crippen molar-refractivity contribution in [1.29, 1.82) is 0 Å². The van der Waals surface area contributed by atoms with Crippen LogP contribution in [0.5, 0.6) is 0 Å². The Hall–Kier alpha value is -2.83. The predicted molar refractivity (Wildman–Crippen MR) is 93.6 cm³/mol. The number of esters is 1. The topological polar surface area (TPSA) is 76.5 Å². The molecule has 2 aromatic rings. The second-order valence-corrected chi connectivity index (χ2v) is 6.11. The highest BCUT2D eigenvalue weighted by Crippen LogP contribution is 2.27. The van der Waals surface area contributed by atoms with Gasteiger partial charge in [0.1, 0.15) is 0 Å². The van der Waals surface area contributed by atoms with Crippen LogP contribution in [0.3, 0.4) is 0 Å². The van der Waals surface area contributed by atoms with Crippen molar-refractivity contribution in [3.05, 3.63) is 47.8 Å². The van der Waals surface area contributed by atoms with Crippen LogP contribution in [0, 0.1) is 0 Å². The van der Waals surface area contributed by atoms with E-state index in [0.717, 1.165) is 12.0 Å². The van der Waals surface area contributed by atoms with Gasteiger partial charge in [-0.05, 0) is 43.2 Å². The maximum Gasteiger partial charge on any atom is 0.338 e. The summed E-state index contributed by atoms with van der Waals surface area (Å²) < 4.78 is 6.73. The zero-order chi connectivity index (χ0) is 17.8. The highest BCUT2D eigenvalue weighted by atomic mass is 16.5. The lowest BCUT2D eigenvalue weighted by Crippen LogP contribution is -2.32. The standard InChI is InChI=1S/C18H22N4O3/c1-3-25-17(23)13-4-6-16(7-5-13)20-18(24)22-9-8-14(12-22)15-10-19-21(2)11-15/h4-7,10-11,14H,3,8-9,12H2,1-2H3,(H,20,24). The lowest BCUT2D eigenvalue weighted by atomic mass is 10.0. The van der Waals surface area contributed by atoms with Crippen molar-refractivity contribution in [1.82, 2.24) is 14.7 Å². The Labute approximate surface area is 146 Å². The summed E-state index contributed by atoms with van der Waals surface area (Å²) in [5, 5.41) is 7.07. The number of rotatable bonds is 4. The van der Waals surface area contributed by atoms with Gasteiger partial charge in [-0.15, -0.1) is 0 Å². The van der Waals surface area contributed by atoms with E-state index in [2.05, 4.69) is 10.4 Å². The first-order valence-corrected chi connectivity index (χ1v) is 8.38. The minimum atomic E-state index is -0.362. The molecule has 0 radical (unpaired) electrons. The molecule has 7 heteroatoms. The van der Waals surface area contributed by atoms with E-state index in [-0.39, 0.29) is 12.0 Å². The van der Waals surface area contributed by atoms with E-state index >= 15 is 0 Å². The first-order valence-electron chi connectivity index (χ1n) is 8.38. The van der Waals surface area contributed by atoms with Crippen LogP contribution in [0.2, 0.25) is 0 Å². The summed E-state index contributed by atoms with van der Waals surface area (Å²) in [6, 6.07) is 6.58. The lowest BCUT2D eigenvalue weighted by Gasteiger charge is -2.17. The molecule has 1 unspecified atom stereocenters. The summed E-state index contributed by atoms with van der Waals surface area (Å²) in [7, 11) is 1.89. The van der Waals surface area contributed by atoms with Gasteiger partial charge >= 0.3 is 12.0 Å². The number of urea groups is 1. The molecule has 0 bridgehead atoms. The molecule has 1 fully saturated rings. The Morgan fingerprint density at radius 2 is 2.08 bits per heavy atom. The van der Waals surface area contributed by atoms with Crippen LogP contribution in [-0.2, 0) is 11.8 Å². The smallest absolute Gasteiger partial charge is 0.338 e. The third kappa shape index (κ3) is 3.99. The van der Waals surface area contributed by atoms with Gasteiger partial charge in [0.05, 0.1) is 18.4 Å². The summed E-state index contributed by atoms with van der Waals surface area (Å²) in [4.78, 5) is 25.9. The average Bonchev–Trinajstić information content (AvgIpc) is 3.24. The Morgan fingerprint density at radius 3 is 2.72 bits per heavy atom. The highest BCUT2D eigenvalue weighted by molar-refractivity contribution is 5.92. The number of carbonyl (C=O) groups is 2. The fraction of sp³-hybridized carbons (Fsp3) is 0.389. The third-order valence-electron chi connectivity index (χ3n) is 4.32. The summed E-state index contributed by atoms with van der Waals surface area (Å²) in [6.45, 7) is 3.50. The van der Waals surface area contributed by atoms with E-state index in [1.807, 2.05) is 19.4 Å². The van der Waals surface area contributed by atoms with Gasteiger partial charge in [0.2, 0.25) is 0 Å². The Bertz CT molecular complexity index is 754. The van der Waals surface area contributed by atoms with Gasteiger partial charge in [0.15, 0.2) is 0 Å². The molecule has 1 aromatic heterocycles.